The zero-order valence-corrected chi connectivity index (χ0v) is 19.8. The van der Waals surface area contributed by atoms with Gasteiger partial charge in [0.15, 0.2) is 17.1 Å². The second kappa shape index (κ2) is 11.1. The number of nitrogens with one attached hydrogen (secondary N) is 3. The third-order valence-electron chi connectivity index (χ3n) is 4.49. The van der Waals surface area contributed by atoms with E-state index in [1.807, 2.05) is 13.8 Å². The van der Waals surface area contributed by atoms with Gasteiger partial charge >= 0.3 is 6.09 Å². The number of hydrogen-bond donors (Lipinski definition) is 3. The summed E-state index contributed by atoms with van der Waals surface area (Å²) in [6, 6.07) is 3.03. The second-order valence-corrected chi connectivity index (χ2v) is 9.08. The Labute approximate surface area is 192 Å². The first-order valence-electron chi connectivity index (χ1n) is 10.6. The molecule has 1 aromatic rings. The number of thioether (sulfide) groups is 1. The van der Waals surface area contributed by atoms with E-state index in [2.05, 4.69) is 20.9 Å². The number of hydrogen-bond acceptors (Lipinski definition) is 8. The van der Waals surface area contributed by atoms with E-state index in [4.69, 9.17) is 4.74 Å². The molecule has 2 heterocycles. The Bertz CT molecular complexity index is 893. The van der Waals surface area contributed by atoms with Crippen molar-refractivity contribution in [2.24, 2.45) is 5.92 Å². The maximum Gasteiger partial charge on any atom is 0.413 e. The van der Waals surface area contributed by atoms with Crippen LogP contribution in [-0.2, 0) is 14.3 Å². The molecule has 0 fully saturated rings. The number of anilines is 1. The van der Waals surface area contributed by atoms with E-state index in [-0.39, 0.29) is 17.4 Å². The Morgan fingerprint density at radius 3 is 2.59 bits per heavy atom. The number of aromatic nitrogens is 1. The molecule has 3 rings (SSSR count). The lowest BCUT2D eigenvalue weighted by atomic mass is 9.91. The van der Waals surface area contributed by atoms with Gasteiger partial charge in [-0.2, -0.15) is 0 Å². The van der Waals surface area contributed by atoms with Crippen LogP contribution in [0.3, 0.4) is 0 Å². The Hall–Kier alpha value is -2.88. The first kappa shape index (κ1) is 25.4. The van der Waals surface area contributed by atoms with Crippen LogP contribution in [0.15, 0.2) is 28.9 Å². The number of nitrogens with zero attached hydrogens (tertiary/aromatic N) is 1. The Morgan fingerprint density at radius 1 is 1.28 bits per heavy atom. The molecule has 0 spiro atoms. The molecule has 1 aromatic heterocycles. The molecule has 2 atom stereocenters. The molecule has 0 saturated carbocycles. The molecule has 1 aliphatic carbocycles. The molecule has 2 aliphatic rings. The van der Waals surface area contributed by atoms with Gasteiger partial charge in [0.2, 0.25) is 6.41 Å². The van der Waals surface area contributed by atoms with Crippen LogP contribution >= 0.6 is 11.8 Å². The van der Waals surface area contributed by atoms with E-state index < -0.39 is 23.1 Å². The lowest BCUT2D eigenvalue weighted by Crippen LogP contribution is -2.34. The number of pyridine rings is 1. The van der Waals surface area contributed by atoms with E-state index in [0.717, 1.165) is 5.70 Å². The summed E-state index contributed by atoms with van der Waals surface area (Å²) in [5.74, 6) is -1.10. The summed E-state index contributed by atoms with van der Waals surface area (Å²) in [5, 5.41) is 8.20. The predicted octanol–water partition coefficient (Wildman–Crippen LogP) is 3.58. The summed E-state index contributed by atoms with van der Waals surface area (Å²) < 4.78 is 5.17. The Morgan fingerprint density at radius 2 is 2.00 bits per heavy atom. The number of Topliss-reactive ketones (excluding diaryl/α,β-unsaturated/α-hetero) is 2. The van der Waals surface area contributed by atoms with Crippen molar-refractivity contribution in [2.45, 2.75) is 65.0 Å². The maximum atomic E-state index is 13.0. The summed E-state index contributed by atoms with van der Waals surface area (Å²) in [6.45, 7) is 9.26. The number of ether oxygens (including phenoxy) is 1. The van der Waals surface area contributed by atoms with E-state index in [0.29, 0.717) is 36.1 Å². The zero-order chi connectivity index (χ0) is 23.9. The largest absolute Gasteiger partial charge is 0.444 e. The third kappa shape index (κ3) is 6.56. The third-order valence-corrected chi connectivity index (χ3v) is 5.66. The Balaban J connectivity index is 0.00000176. The van der Waals surface area contributed by atoms with Gasteiger partial charge in [0.25, 0.3) is 0 Å². The normalized spacial score (nSPS) is 20.1. The van der Waals surface area contributed by atoms with Crippen LogP contribution < -0.4 is 16.0 Å². The van der Waals surface area contributed by atoms with Gasteiger partial charge in [0.05, 0.1) is 10.8 Å². The second-order valence-electron chi connectivity index (χ2n) is 7.97. The molecule has 2 unspecified atom stereocenters. The highest BCUT2D eigenvalue weighted by atomic mass is 32.2. The zero-order valence-electron chi connectivity index (χ0n) is 19.0. The first-order chi connectivity index (χ1) is 15.2. The van der Waals surface area contributed by atoms with Crippen LogP contribution in [0, 0.1) is 5.92 Å². The van der Waals surface area contributed by atoms with Crippen molar-refractivity contribution in [1.29, 1.82) is 0 Å². The van der Waals surface area contributed by atoms with Crippen molar-refractivity contribution in [1.82, 2.24) is 15.6 Å². The molecular formula is C22H30N4O5S. The number of amides is 2. The van der Waals surface area contributed by atoms with Gasteiger partial charge in [-0.3, -0.25) is 19.7 Å². The molecule has 10 heteroatoms. The molecule has 174 valence electrons. The molecular weight excluding hydrogens is 432 g/mol. The van der Waals surface area contributed by atoms with Gasteiger partial charge in [0, 0.05) is 17.5 Å². The molecule has 1 aliphatic heterocycles. The van der Waals surface area contributed by atoms with Gasteiger partial charge in [-0.15, -0.1) is 0 Å². The first-order valence-corrected chi connectivity index (χ1v) is 11.5. The van der Waals surface area contributed by atoms with Crippen LogP contribution in [-0.4, -0.2) is 40.2 Å². The highest BCUT2D eigenvalue weighted by Crippen LogP contribution is 2.38. The lowest BCUT2D eigenvalue weighted by Gasteiger charge is -2.19. The van der Waals surface area contributed by atoms with Gasteiger partial charge in [0.1, 0.15) is 11.4 Å². The minimum atomic E-state index is -0.798. The van der Waals surface area contributed by atoms with E-state index in [9.17, 15) is 19.2 Å². The molecule has 2 amide bonds. The quantitative estimate of drug-likeness (QED) is 0.344. The number of carbonyl (C=O) groups excluding carboxylic acids is 4. The number of carbonyl (C=O) groups is 4. The fourth-order valence-electron chi connectivity index (χ4n) is 3.22. The van der Waals surface area contributed by atoms with Crippen LogP contribution in [0.4, 0.5) is 10.6 Å². The average molecular weight is 463 g/mol. The van der Waals surface area contributed by atoms with Crippen molar-refractivity contribution >= 4 is 41.6 Å². The summed E-state index contributed by atoms with van der Waals surface area (Å²) >= 11 is 1.22. The lowest BCUT2D eigenvalue weighted by molar-refractivity contribution is -0.117. The van der Waals surface area contributed by atoms with Crippen molar-refractivity contribution in [2.75, 3.05) is 5.32 Å². The van der Waals surface area contributed by atoms with Crippen molar-refractivity contribution in [3.8, 4) is 0 Å². The fraction of sp³-hybridized carbons (Fsp3) is 0.500. The van der Waals surface area contributed by atoms with Gasteiger partial charge in [-0.1, -0.05) is 25.6 Å². The van der Waals surface area contributed by atoms with Crippen LogP contribution in [0.1, 0.15) is 64.2 Å². The SMILES string of the molecule is CC.CC(C)(C)OC(=O)Nc1ccc(C(=O)C2CCCC3=C(SC(NC=O)N3)C2=O)cn1. The standard InChI is InChI=1S/C20H24N4O5S.C2H6/c1-20(2,3)29-19(28)24-14-8-7-11(9-21-14)15(26)12-5-4-6-13-17(16(12)27)30-18(23-13)22-10-25;1-2/h7-10,12,18,23H,4-6H2,1-3H3,(H,22,25)(H,21,24,28);1-2H3. The molecule has 0 bridgehead atoms. The summed E-state index contributed by atoms with van der Waals surface area (Å²) in [4.78, 5) is 53.1. The molecule has 3 N–H and O–H groups in total. The molecule has 9 nitrogen and oxygen atoms in total. The minimum absolute atomic E-state index is 0.240. The van der Waals surface area contributed by atoms with Crippen LogP contribution in [0.25, 0.3) is 0 Å². The van der Waals surface area contributed by atoms with Crippen molar-refractivity contribution < 1.29 is 23.9 Å². The highest BCUT2D eigenvalue weighted by Gasteiger charge is 2.38. The molecule has 0 radical (unpaired) electrons. The summed E-state index contributed by atoms with van der Waals surface area (Å²) in [7, 11) is 0. The number of ketones is 2. The Kier molecular flexibility index (Phi) is 8.82. The number of allylic oxidation sites excluding steroid dienone is 2. The summed E-state index contributed by atoms with van der Waals surface area (Å²) in [6.07, 6.45) is 3.04. The molecule has 0 saturated heterocycles. The van der Waals surface area contributed by atoms with Gasteiger partial charge < -0.3 is 15.4 Å². The van der Waals surface area contributed by atoms with Crippen molar-refractivity contribution in [3.63, 3.8) is 0 Å². The number of rotatable bonds is 5. The van der Waals surface area contributed by atoms with E-state index in [1.165, 1.54) is 30.1 Å². The topological polar surface area (TPSA) is 126 Å². The molecule has 32 heavy (non-hydrogen) atoms. The minimum Gasteiger partial charge on any atom is -0.444 e. The van der Waals surface area contributed by atoms with E-state index >= 15 is 0 Å². The molecule has 0 aromatic carbocycles. The fourth-order valence-corrected chi connectivity index (χ4v) is 4.34. The monoisotopic (exact) mass is 462 g/mol. The van der Waals surface area contributed by atoms with Crippen LogP contribution in [0.5, 0.6) is 0 Å². The van der Waals surface area contributed by atoms with Gasteiger partial charge in [-0.25, -0.2) is 9.78 Å². The van der Waals surface area contributed by atoms with E-state index in [1.54, 1.807) is 20.8 Å². The maximum absolute atomic E-state index is 13.0. The smallest absolute Gasteiger partial charge is 0.413 e. The van der Waals surface area contributed by atoms with Gasteiger partial charge in [-0.05, 0) is 52.2 Å². The van der Waals surface area contributed by atoms with Crippen LogP contribution in [0.2, 0.25) is 0 Å². The van der Waals surface area contributed by atoms with Crippen molar-refractivity contribution in [3.05, 3.63) is 34.5 Å². The predicted molar refractivity (Wildman–Crippen MR) is 123 cm³/mol. The highest BCUT2D eigenvalue weighted by molar-refractivity contribution is 8.04. The average Bonchev–Trinajstić information content (AvgIpc) is 3.07. The summed E-state index contributed by atoms with van der Waals surface area (Å²) in [5.41, 5.74) is 0.0336.